The molecule has 20 heteroatoms. The molecule has 8 aliphatic heterocycles. The number of phenols is 2. The Kier molecular flexibility index (Phi) is 9.24. The van der Waals surface area contributed by atoms with Crippen molar-refractivity contribution in [3.8, 4) is 34.5 Å². The number of hydrogen-bond donors (Lipinski definition) is 6. The van der Waals surface area contributed by atoms with E-state index in [0.717, 1.165) is 11.1 Å². The van der Waals surface area contributed by atoms with Crippen molar-refractivity contribution in [2.75, 3.05) is 54.9 Å². The Morgan fingerprint density at radius 3 is 1.46 bits per heavy atom. The topological polar surface area (TPSA) is 273 Å². The van der Waals surface area contributed by atoms with Gasteiger partial charge in [0.25, 0.3) is 17.4 Å². The summed E-state index contributed by atoms with van der Waals surface area (Å²) in [6, 6.07) is 3.73. The molecular weight excluding hydrogens is 921 g/mol. The molecule has 6 saturated heterocycles. The second-order valence-electron chi connectivity index (χ2n) is 19.9. The Morgan fingerprint density at radius 1 is 0.643 bits per heavy atom. The molecule has 4 aromatic rings. The predicted octanol–water partition coefficient (Wildman–Crippen LogP) is 3.02. The molecule has 372 valence electrons. The van der Waals surface area contributed by atoms with Crippen LogP contribution in [0.1, 0.15) is 92.0 Å². The summed E-state index contributed by atoms with van der Waals surface area (Å²) in [4.78, 5) is 25.7. The molecule has 10 atom stereocenters. The van der Waals surface area contributed by atoms with Crippen LogP contribution in [0.25, 0.3) is 21.5 Å². The Morgan fingerprint density at radius 2 is 1.06 bits per heavy atom. The monoisotopic (exact) mass is 972 g/mol. The first-order chi connectivity index (χ1) is 33.6. The summed E-state index contributed by atoms with van der Waals surface area (Å²) in [7, 11) is 5.97. The molecule has 2 spiro atoms. The maximum atomic E-state index is 12.9. The molecule has 10 aliphatic rings. The molecule has 14 rings (SSSR count). The van der Waals surface area contributed by atoms with E-state index in [1.54, 1.807) is 7.11 Å². The number of methoxy groups -OCH3 is 4. The molecule has 0 radical (unpaired) electrons. The normalized spacial score (nSPS) is 36.0. The van der Waals surface area contributed by atoms with E-state index in [2.05, 4.69) is 0 Å². The number of phenolic OH excluding ortho intramolecular Hbond substituents is 2. The minimum Gasteiger partial charge on any atom is -0.506 e. The van der Waals surface area contributed by atoms with Gasteiger partial charge >= 0.3 is 0 Å². The van der Waals surface area contributed by atoms with Crippen molar-refractivity contribution >= 4 is 33.1 Å². The quantitative estimate of drug-likeness (QED) is 0.109. The molecule has 6 unspecified atom stereocenters. The number of aliphatic hydroxyl groups excluding tert-OH is 2. The number of epoxide rings is 2. The average Bonchev–Trinajstić information content (AvgIpc) is 4.22. The minimum absolute atomic E-state index is 0.0332. The highest BCUT2D eigenvalue weighted by molar-refractivity contribution is 6.13. The minimum atomic E-state index is -2.01. The fourth-order valence-corrected chi connectivity index (χ4v) is 13.6. The number of aliphatic hydroxyl groups is 4. The SMILES string of the molecule is COc1c2c(c(O)c3c4c(c(C)cc13)C1OC3(C(CO)CO)OC1[C@@](O)(O4)[C@@]31CO1)C(=O)CCC2.COc1c2c(c(O)c3c4c(c(C)cc13)C1OC3(C(OC)OC)OC1[C@](O)(O4)[C@@]31CO1)C(=O)CCC2. The maximum Gasteiger partial charge on any atom is 0.274 e. The van der Waals surface area contributed by atoms with Gasteiger partial charge in [-0.05, 0) is 62.8 Å². The zero-order chi connectivity index (χ0) is 49.0. The summed E-state index contributed by atoms with van der Waals surface area (Å²) < 4.78 is 72.0. The Labute approximate surface area is 398 Å². The van der Waals surface area contributed by atoms with Crippen LogP contribution in [-0.2, 0) is 50.7 Å². The molecule has 8 heterocycles. The molecule has 2 aliphatic carbocycles. The number of ketones is 2. The number of fused-ring (bicyclic) bond motifs is 16. The number of aromatic hydroxyl groups is 2. The summed E-state index contributed by atoms with van der Waals surface area (Å²) in [6.45, 7) is 2.97. The molecule has 6 N–H and O–H groups in total. The summed E-state index contributed by atoms with van der Waals surface area (Å²) in [5, 5.41) is 68.4. The van der Waals surface area contributed by atoms with Crippen molar-refractivity contribution in [1.82, 2.24) is 0 Å². The van der Waals surface area contributed by atoms with E-state index in [4.69, 9.17) is 56.8 Å². The van der Waals surface area contributed by atoms with Gasteiger partial charge in [-0.3, -0.25) is 9.59 Å². The number of aryl methyl sites for hydroxylation is 2. The molecule has 70 heavy (non-hydrogen) atoms. The van der Waals surface area contributed by atoms with Gasteiger partial charge in [0.15, 0.2) is 23.8 Å². The summed E-state index contributed by atoms with van der Waals surface area (Å²) in [5.41, 5.74) is 1.66. The van der Waals surface area contributed by atoms with Crippen LogP contribution in [0.15, 0.2) is 12.1 Å². The van der Waals surface area contributed by atoms with E-state index in [9.17, 15) is 40.2 Å². The van der Waals surface area contributed by atoms with E-state index < -0.39 is 84.2 Å². The number of benzene rings is 4. The summed E-state index contributed by atoms with van der Waals surface area (Å²) in [5.74, 6) is -7.29. The molecular formula is C50H52O20. The smallest absolute Gasteiger partial charge is 0.274 e. The maximum absolute atomic E-state index is 12.9. The van der Waals surface area contributed by atoms with Gasteiger partial charge in [0, 0.05) is 60.1 Å². The van der Waals surface area contributed by atoms with Gasteiger partial charge in [0.2, 0.25) is 23.3 Å². The van der Waals surface area contributed by atoms with Crippen LogP contribution in [0.2, 0.25) is 0 Å². The van der Waals surface area contributed by atoms with Gasteiger partial charge in [-0.2, -0.15) is 0 Å². The summed E-state index contributed by atoms with van der Waals surface area (Å²) in [6.07, 6.45) is -1.26. The highest BCUT2D eigenvalue weighted by Gasteiger charge is 2.93. The van der Waals surface area contributed by atoms with Gasteiger partial charge in [-0.15, -0.1) is 0 Å². The number of carbonyl (C=O) groups is 2. The number of rotatable bonds is 8. The van der Waals surface area contributed by atoms with Crippen LogP contribution in [0.4, 0.5) is 0 Å². The van der Waals surface area contributed by atoms with E-state index in [0.29, 0.717) is 88.4 Å². The lowest BCUT2D eigenvalue weighted by molar-refractivity contribution is -0.344. The van der Waals surface area contributed by atoms with Crippen LogP contribution in [0, 0.1) is 19.8 Å². The fourth-order valence-electron chi connectivity index (χ4n) is 13.6. The largest absolute Gasteiger partial charge is 0.506 e. The molecule has 4 bridgehead atoms. The first-order valence-electron chi connectivity index (χ1n) is 23.5. The molecule has 0 amide bonds. The van der Waals surface area contributed by atoms with Crippen molar-refractivity contribution in [3.63, 3.8) is 0 Å². The third kappa shape index (κ3) is 4.88. The van der Waals surface area contributed by atoms with Crippen molar-refractivity contribution < 1.29 is 97.1 Å². The zero-order valence-corrected chi connectivity index (χ0v) is 39.1. The first kappa shape index (κ1) is 45.0. The van der Waals surface area contributed by atoms with Gasteiger partial charge < -0.3 is 87.5 Å². The van der Waals surface area contributed by atoms with E-state index in [-0.39, 0.29) is 64.3 Å². The van der Waals surface area contributed by atoms with Crippen LogP contribution in [-0.4, -0.2) is 150 Å². The zero-order valence-electron chi connectivity index (χ0n) is 39.1. The highest BCUT2D eigenvalue weighted by atomic mass is 16.9. The number of hydrogen-bond acceptors (Lipinski definition) is 20. The molecule has 0 saturated carbocycles. The van der Waals surface area contributed by atoms with Crippen LogP contribution in [0.5, 0.6) is 34.5 Å². The third-order valence-corrected chi connectivity index (χ3v) is 16.7. The molecule has 0 aromatic heterocycles. The van der Waals surface area contributed by atoms with Crippen molar-refractivity contribution in [1.29, 1.82) is 0 Å². The molecule has 20 nitrogen and oxygen atoms in total. The van der Waals surface area contributed by atoms with Gasteiger partial charge in [-0.25, -0.2) is 0 Å². The van der Waals surface area contributed by atoms with E-state index >= 15 is 0 Å². The number of Topliss-reactive ketones (excluding diaryl/α,β-unsaturated/α-hetero) is 2. The fraction of sp³-hybridized carbons (Fsp3) is 0.560. The Hall–Kier alpha value is -4.94. The molecule has 6 fully saturated rings. The highest BCUT2D eigenvalue weighted by Crippen LogP contribution is 2.73. The van der Waals surface area contributed by atoms with Gasteiger partial charge in [0.1, 0.15) is 46.7 Å². The third-order valence-electron chi connectivity index (χ3n) is 16.7. The van der Waals surface area contributed by atoms with Crippen LogP contribution < -0.4 is 18.9 Å². The Bertz CT molecular complexity index is 2820. The lowest BCUT2D eigenvalue weighted by Crippen LogP contribution is -2.69. The Balaban J connectivity index is 0.000000137. The average molecular weight is 973 g/mol. The number of ether oxygens (including phenoxy) is 12. The van der Waals surface area contributed by atoms with Gasteiger partial charge in [-0.1, -0.05) is 0 Å². The first-order valence-corrected chi connectivity index (χ1v) is 23.5. The predicted molar refractivity (Wildman–Crippen MR) is 235 cm³/mol. The van der Waals surface area contributed by atoms with Crippen molar-refractivity contribution in [2.45, 2.75) is 117 Å². The second-order valence-corrected chi connectivity index (χ2v) is 19.9. The van der Waals surface area contributed by atoms with Crippen molar-refractivity contribution in [3.05, 3.63) is 56.6 Å². The van der Waals surface area contributed by atoms with Crippen molar-refractivity contribution in [2.24, 2.45) is 5.92 Å². The van der Waals surface area contributed by atoms with E-state index in [1.165, 1.54) is 21.3 Å². The van der Waals surface area contributed by atoms with Gasteiger partial charge in [0.05, 0.1) is 68.5 Å². The van der Waals surface area contributed by atoms with E-state index in [1.807, 2.05) is 26.0 Å². The molecule has 4 aromatic carbocycles. The standard InChI is InChI=1S/2C25H26O10/c1-10-8-12-16(17(27)15-11(18(12)29-2)6-5-7-13(15)26)19-14(10)20-21-24(28,33-19)23(9-32-23)25(34-20,35-21)22(30-3)31-4;1-10-6-13-17(18(29)16-12(19(13)31-2)4-3-5-14(16)28)20-15(10)21-22-24(30,33-20)23(9-32-23)25(34-21,35-22)11(7-26)8-27/h8,20-22,27-28H,5-7,9H2,1-4H3;6,11,21-22,26-27,29-30H,3-5,7-9H2,1-2H3/t20?,21?,23-,24-,25?;21?,22?,23-,24+,25?/m00/s1. The number of carbonyl (C=O) groups excluding carboxylic acids is 2. The lowest BCUT2D eigenvalue weighted by atomic mass is 9.76. The summed E-state index contributed by atoms with van der Waals surface area (Å²) >= 11 is 0. The van der Waals surface area contributed by atoms with Crippen LogP contribution >= 0.6 is 0 Å². The van der Waals surface area contributed by atoms with Crippen LogP contribution in [0.3, 0.4) is 0 Å². The second kappa shape index (κ2) is 14.4. The lowest BCUT2D eigenvalue weighted by Gasteiger charge is -2.48.